The molecule has 1 heterocycles. The van der Waals surface area contributed by atoms with E-state index < -0.39 is 5.25 Å². The molecule has 0 unspecified atom stereocenters. The minimum Gasteiger partial charge on any atom is -0.378 e. The van der Waals surface area contributed by atoms with Crippen LogP contribution in [0, 0.1) is 6.92 Å². The Bertz CT molecular complexity index is 528. The van der Waals surface area contributed by atoms with Gasteiger partial charge in [0, 0.05) is 12.1 Å². The lowest BCUT2D eigenvalue weighted by atomic mass is 10.2. The van der Waals surface area contributed by atoms with E-state index in [2.05, 4.69) is 10.3 Å². The van der Waals surface area contributed by atoms with E-state index >= 15 is 0 Å². The van der Waals surface area contributed by atoms with Crippen LogP contribution in [0.4, 0.5) is 5.69 Å². The number of benzene rings is 1. The summed E-state index contributed by atoms with van der Waals surface area (Å²) >= 11 is 1.13. The Morgan fingerprint density at radius 3 is 2.94 bits per heavy atom. The van der Waals surface area contributed by atoms with Crippen molar-refractivity contribution in [2.75, 3.05) is 5.32 Å². The summed E-state index contributed by atoms with van der Waals surface area (Å²) in [6.07, 6.45) is 0.0850. The molecule has 0 spiro atoms. The van der Waals surface area contributed by atoms with E-state index in [9.17, 15) is 9.59 Å². The monoisotopic (exact) mass is 263 g/mol. The van der Waals surface area contributed by atoms with Crippen LogP contribution in [0.2, 0.25) is 0 Å². The fourth-order valence-electron chi connectivity index (χ4n) is 1.64. The van der Waals surface area contributed by atoms with Crippen molar-refractivity contribution in [2.24, 2.45) is 10.7 Å². The molecule has 0 aromatic heterocycles. The number of amidine groups is 1. The van der Waals surface area contributed by atoms with Crippen molar-refractivity contribution in [3.8, 4) is 0 Å². The van der Waals surface area contributed by atoms with E-state index in [4.69, 9.17) is 5.73 Å². The van der Waals surface area contributed by atoms with E-state index in [0.29, 0.717) is 0 Å². The number of anilines is 1. The molecule has 2 rings (SSSR count). The zero-order chi connectivity index (χ0) is 13.1. The summed E-state index contributed by atoms with van der Waals surface area (Å²) < 4.78 is 0. The number of aliphatic imine (C=N–C) groups is 1. The first-order valence-electron chi connectivity index (χ1n) is 5.46. The lowest BCUT2D eigenvalue weighted by Gasteiger charge is -2.08. The highest BCUT2D eigenvalue weighted by Crippen LogP contribution is 2.23. The lowest BCUT2D eigenvalue weighted by molar-refractivity contribution is -0.121. The van der Waals surface area contributed by atoms with Gasteiger partial charge in [-0.15, -0.1) is 0 Å². The van der Waals surface area contributed by atoms with Gasteiger partial charge in [-0.05, 0) is 24.6 Å². The van der Waals surface area contributed by atoms with Crippen molar-refractivity contribution in [1.29, 1.82) is 0 Å². The highest BCUT2D eigenvalue weighted by Gasteiger charge is 2.29. The van der Waals surface area contributed by atoms with Gasteiger partial charge in [0.1, 0.15) is 5.25 Å². The fraction of sp³-hybridized carbons (Fsp3) is 0.250. The van der Waals surface area contributed by atoms with Crippen molar-refractivity contribution >= 4 is 34.4 Å². The minimum atomic E-state index is -0.491. The number of rotatable bonds is 3. The molecule has 1 aromatic rings. The lowest BCUT2D eigenvalue weighted by Crippen LogP contribution is -2.21. The maximum atomic E-state index is 11.8. The van der Waals surface area contributed by atoms with Crippen LogP contribution in [0.3, 0.4) is 0 Å². The first kappa shape index (κ1) is 12.6. The fourth-order valence-corrected chi connectivity index (χ4v) is 2.46. The Morgan fingerprint density at radius 1 is 1.56 bits per heavy atom. The third-order valence-corrected chi connectivity index (χ3v) is 3.42. The number of aryl methyl sites for hydroxylation is 1. The van der Waals surface area contributed by atoms with Gasteiger partial charge in [-0.2, -0.15) is 4.99 Å². The number of nitrogens with two attached hydrogens (primary N) is 1. The number of thioether (sulfide) groups is 1. The molecule has 5 nitrogen and oxygen atoms in total. The van der Waals surface area contributed by atoms with Crippen LogP contribution in [0.15, 0.2) is 29.3 Å². The van der Waals surface area contributed by atoms with Crippen LogP contribution in [-0.4, -0.2) is 22.2 Å². The second-order valence-electron chi connectivity index (χ2n) is 4.02. The van der Waals surface area contributed by atoms with E-state index in [-0.39, 0.29) is 23.4 Å². The molecule has 2 amide bonds. The van der Waals surface area contributed by atoms with E-state index in [0.717, 1.165) is 23.0 Å². The Morgan fingerprint density at radius 2 is 2.33 bits per heavy atom. The molecule has 0 saturated carbocycles. The van der Waals surface area contributed by atoms with Gasteiger partial charge in [-0.3, -0.25) is 9.59 Å². The molecule has 1 aromatic carbocycles. The van der Waals surface area contributed by atoms with Gasteiger partial charge in [0.15, 0.2) is 5.17 Å². The van der Waals surface area contributed by atoms with E-state index in [1.54, 1.807) is 6.07 Å². The zero-order valence-corrected chi connectivity index (χ0v) is 10.7. The van der Waals surface area contributed by atoms with E-state index in [1.807, 2.05) is 25.1 Å². The summed E-state index contributed by atoms with van der Waals surface area (Å²) in [6, 6.07) is 7.48. The topological polar surface area (TPSA) is 84.6 Å². The molecule has 1 aliphatic rings. The second-order valence-corrected chi connectivity index (χ2v) is 5.24. The average molecular weight is 263 g/mol. The molecule has 0 aliphatic carbocycles. The Labute approximate surface area is 109 Å². The minimum absolute atomic E-state index is 0.0850. The Hall–Kier alpha value is -1.82. The first-order valence-corrected chi connectivity index (χ1v) is 6.34. The van der Waals surface area contributed by atoms with Gasteiger partial charge in [0.05, 0.1) is 0 Å². The summed E-state index contributed by atoms with van der Waals surface area (Å²) in [7, 11) is 0. The van der Waals surface area contributed by atoms with Crippen molar-refractivity contribution in [1.82, 2.24) is 0 Å². The summed E-state index contributed by atoms with van der Waals surface area (Å²) in [5, 5.41) is 2.49. The summed E-state index contributed by atoms with van der Waals surface area (Å²) in [5.74, 6) is -0.548. The van der Waals surface area contributed by atoms with Crippen LogP contribution in [0.25, 0.3) is 0 Å². The van der Waals surface area contributed by atoms with Gasteiger partial charge in [0.25, 0.3) is 5.91 Å². The molecule has 1 aliphatic heterocycles. The molecule has 0 radical (unpaired) electrons. The van der Waals surface area contributed by atoms with Crippen LogP contribution in [-0.2, 0) is 9.59 Å². The van der Waals surface area contributed by atoms with Crippen molar-refractivity contribution in [3.05, 3.63) is 29.8 Å². The molecule has 0 bridgehead atoms. The summed E-state index contributed by atoms with van der Waals surface area (Å²) in [6.45, 7) is 1.94. The molecule has 3 N–H and O–H groups in total. The van der Waals surface area contributed by atoms with Crippen LogP contribution >= 0.6 is 11.8 Å². The molecule has 0 fully saturated rings. The maximum absolute atomic E-state index is 11.8. The normalized spacial score (nSPS) is 18.6. The van der Waals surface area contributed by atoms with Crippen molar-refractivity contribution < 1.29 is 9.59 Å². The number of carbonyl (C=O) groups excluding carboxylic acids is 2. The maximum Gasteiger partial charge on any atom is 0.262 e. The zero-order valence-electron chi connectivity index (χ0n) is 9.84. The third kappa shape index (κ3) is 3.10. The number of nitrogens with one attached hydrogen (secondary N) is 1. The Kier molecular flexibility index (Phi) is 3.66. The first-order chi connectivity index (χ1) is 8.54. The molecule has 6 heteroatoms. The van der Waals surface area contributed by atoms with Gasteiger partial charge in [-0.1, -0.05) is 23.9 Å². The third-order valence-electron chi connectivity index (χ3n) is 2.43. The van der Waals surface area contributed by atoms with Crippen LogP contribution in [0.5, 0.6) is 0 Å². The number of nitrogens with zero attached hydrogens (tertiary/aromatic N) is 1. The number of hydrogen-bond donors (Lipinski definition) is 2. The van der Waals surface area contributed by atoms with Crippen molar-refractivity contribution in [3.63, 3.8) is 0 Å². The van der Waals surface area contributed by atoms with E-state index in [1.165, 1.54) is 0 Å². The summed E-state index contributed by atoms with van der Waals surface area (Å²) in [4.78, 5) is 26.7. The van der Waals surface area contributed by atoms with Gasteiger partial charge in [0.2, 0.25) is 5.91 Å². The van der Waals surface area contributed by atoms with Gasteiger partial charge >= 0.3 is 0 Å². The largest absolute Gasteiger partial charge is 0.378 e. The predicted molar refractivity (Wildman–Crippen MR) is 72.4 cm³/mol. The highest BCUT2D eigenvalue weighted by molar-refractivity contribution is 8.15. The molecular weight excluding hydrogens is 250 g/mol. The van der Waals surface area contributed by atoms with Crippen LogP contribution < -0.4 is 11.1 Å². The molecule has 1 atom stereocenters. The molecular formula is C12H13N3O2S. The average Bonchev–Trinajstić information content (AvgIpc) is 2.57. The second kappa shape index (κ2) is 5.22. The highest BCUT2D eigenvalue weighted by atomic mass is 32.2. The quantitative estimate of drug-likeness (QED) is 0.860. The predicted octanol–water partition coefficient (Wildman–Crippen LogP) is 1.28. The number of carbonyl (C=O) groups is 2. The number of hydrogen-bond acceptors (Lipinski definition) is 4. The van der Waals surface area contributed by atoms with Crippen molar-refractivity contribution in [2.45, 2.75) is 18.6 Å². The standard InChI is InChI=1S/C12H13N3O2S/c1-7-3-2-4-8(5-7)14-10(16)6-9-11(17)15-12(13)18-9/h2-5,9H,6H2,1H3,(H,14,16)(H2,13,15,17)/t9-/m1/s1. The number of amides is 2. The molecule has 18 heavy (non-hydrogen) atoms. The molecule has 94 valence electrons. The smallest absolute Gasteiger partial charge is 0.262 e. The summed E-state index contributed by atoms with van der Waals surface area (Å²) in [5.41, 5.74) is 7.21. The molecule has 0 saturated heterocycles. The van der Waals surface area contributed by atoms with Gasteiger partial charge < -0.3 is 11.1 Å². The van der Waals surface area contributed by atoms with Gasteiger partial charge in [-0.25, -0.2) is 0 Å². The Balaban J connectivity index is 1.92. The van der Waals surface area contributed by atoms with Crippen LogP contribution in [0.1, 0.15) is 12.0 Å². The SMILES string of the molecule is Cc1cccc(NC(=O)C[C@H]2SC(N)=NC2=O)c1.